The zero-order chi connectivity index (χ0) is 52.4. The minimum absolute atomic E-state index is 0. The van der Waals surface area contributed by atoms with E-state index in [0.717, 1.165) is 51.4 Å². The Morgan fingerprint density at radius 1 is 0.507 bits per heavy atom. The average Bonchev–Trinajstić information content (AvgIpc) is 3.72. The topological polar surface area (TPSA) is 30.0 Å². The second kappa shape index (κ2) is 50.2. The largest absolute Gasteiger partial charge is 0.585 e. The van der Waals surface area contributed by atoms with Crippen LogP contribution in [0.5, 0.6) is 11.5 Å². The number of rotatable bonds is 17. The van der Waals surface area contributed by atoms with E-state index in [2.05, 4.69) is 135 Å². The van der Waals surface area contributed by atoms with Crippen molar-refractivity contribution in [1.29, 1.82) is 0 Å². The Hall–Kier alpha value is -2.00. The van der Waals surface area contributed by atoms with Crippen LogP contribution in [0.3, 0.4) is 0 Å². The Labute approximate surface area is 472 Å². The molecule has 4 aromatic carbocycles. The third-order valence-corrected chi connectivity index (χ3v) is 23.2. The molecule has 0 saturated carbocycles. The average molecular weight is 1400 g/mol. The number of hydrogen-bond acceptors (Lipinski definition) is 0. The number of aromatic hydroxyl groups is 2. The predicted molar refractivity (Wildman–Crippen MR) is 320 cm³/mol. The maximum absolute atomic E-state index is 7.33. The molecule has 1 aliphatic heterocycles. The summed E-state index contributed by atoms with van der Waals surface area (Å²) >= 11 is 0. The Kier molecular flexibility index (Phi) is 53.4. The van der Waals surface area contributed by atoms with Gasteiger partial charge in [0.05, 0.1) is 18.5 Å². The van der Waals surface area contributed by atoms with Crippen LogP contribution in [-0.2, 0) is 42.1 Å². The van der Waals surface area contributed by atoms with E-state index in [1.54, 1.807) is 14.2 Å². The van der Waals surface area contributed by atoms with Gasteiger partial charge in [0.25, 0.3) is 11.5 Å². The van der Waals surface area contributed by atoms with Gasteiger partial charge >= 0.3 is 126 Å². The quantitative estimate of drug-likeness (QED) is 0.0473. The number of quaternary nitrogens is 1. The molecule has 0 amide bonds. The number of benzene rings is 4. The molecule has 0 spiro atoms. The van der Waals surface area contributed by atoms with Gasteiger partial charge in [-0.2, -0.15) is 0 Å². The fourth-order valence-corrected chi connectivity index (χ4v) is 12.7. The van der Waals surface area contributed by atoms with E-state index >= 15 is 0 Å². The van der Waals surface area contributed by atoms with Gasteiger partial charge in [-0.15, -0.1) is 23.8 Å². The smallest absolute Gasteiger partial charge is 0.254 e. The molecule has 1 heterocycles. The van der Waals surface area contributed by atoms with E-state index in [-0.39, 0.29) is 50.1 Å². The van der Waals surface area contributed by atoms with Gasteiger partial charge in [0.15, 0.2) is 14.2 Å². The molecular formula is C62H93NO2P4Pt2+4. The number of aliphatic hydroxyl groups is 2. The molecule has 0 aliphatic carbocycles. The molecule has 5 rings (SSSR count). The van der Waals surface area contributed by atoms with Crippen molar-refractivity contribution in [1.82, 2.24) is 0 Å². The summed E-state index contributed by atoms with van der Waals surface area (Å²) in [4.78, 5) is 1.38. The van der Waals surface area contributed by atoms with Crippen LogP contribution in [0, 0.1) is 49.4 Å². The fraction of sp³-hybridized carbons (Fsp3) is 0.484. The maximum Gasteiger partial charge on any atom is 0.254 e. The van der Waals surface area contributed by atoms with E-state index < -0.39 is 0 Å². The van der Waals surface area contributed by atoms with Crippen molar-refractivity contribution in [3.63, 3.8) is 0 Å². The number of unbranched alkanes of at least 4 members (excludes halogenated alkanes) is 1. The SMILES string of the molecule is CCP(CC)CC.CCP(CC)CC.CCP(CC)CC.CC[PH+](CC)CC.[C+]#Cc1ccc2c(c1)-c1cc(C#[C-])ccc1[NH+]2CCCC.[C]#Cc1ccc([OH+]C)cc1.[C]#Cc1ccc([OH+]C)cc1.[Pt].[Pt]. The second-order valence-corrected chi connectivity index (χ2v) is 29.2. The molecule has 0 unspecified atom stereocenters. The van der Waals surface area contributed by atoms with Crippen molar-refractivity contribution < 1.29 is 56.5 Å². The summed E-state index contributed by atoms with van der Waals surface area (Å²) in [5.74, 6) is 11.4. The van der Waals surface area contributed by atoms with Crippen molar-refractivity contribution >= 4 is 43.1 Å². The molecule has 0 bridgehead atoms. The predicted octanol–water partition coefficient (Wildman–Crippen LogP) is 16.0. The molecule has 3 N–H and O–H groups in total. The van der Waals surface area contributed by atoms with E-state index in [9.17, 15) is 0 Å². The molecule has 4 aromatic rings. The van der Waals surface area contributed by atoms with Crippen LogP contribution in [-0.4, -0.2) is 104 Å². The first-order valence-corrected chi connectivity index (χ1v) is 33.5. The van der Waals surface area contributed by atoms with Gasteiger partial charge in [-0.25, -0.2) is 0 Å². The summed E-state index contributed by atoms with van der Waals surface area (Å²) in [5.41, 5.74) is 8.00. The monoisotopic (exact) mass is 1400 g/mol. The Balaban J connectivity index is -0.000000390. The normalized spacial score (nSPS) is 10.9. The van der Waals surface area contributed by atoms with Gasteiger partial charge in [-0.3, -0.25) is 0 Å². The number of nitrogens with one attached hydrogen (secondary N) is 1. The first-order valence-electron chi connectivity index (χ1n) is 25.7. The zero-order valence-electron chi connectivity index (χ0n) is 46.6. The summed E-state index contributed by atoms with van der Waals surface area (Å²) in [7, 11) is 4.95. The first kappa shape index (κ1) is 75.5. The number of ether oxygens (including phenoxy) is 2. The van der Waals surface area contributed by atoms with E-state index in [0.29, 0.717) is 23.8 Å². The summed E-state index contributed by atoms with van der Waals surface area (Å²) < 4.78 is 7.91. The van der Waals surface area contributed by atoms with Crippen molar-refractivity contribution in [2.24, 2.45) is 0 Å². The molecule has 9 heteroatoms. The van der Waals surface area contributed by atoms with Crippen LogP contribution in [0.25, 0.3) is 11.1 Å². The standard InChI is InChI=1S/C20H15N.2C9H7O.4C6H15P.2Pt/c1-4-7-12-21-19-10-8-15(5-2)13-17(19)18-14-16(6-3)9-11-20(18)21;2*1-3-8-4-6-9(10-2)7-5-8;4*1-4-7(5-2)6-3;;/h8-11,13-14H,4,7,12H2,1H3;2*4-7H,2H3;4*4-6H2,1-3H3;;/p+4. The molecule has 2 radical (unpaired) electrons. The van der Waals surface area contributed by atoms with E-state index in [1.165, 1.54) is 103 Å². The van der Waals surface area contributed by atoms with Gasteiger partial charge in [0.1, 0.15) is 0 Å². The molecule has 0 saturated heterocycles. The zero-order valence-corrected chi connectivity index (χ0v) is 54.8. The van der Waals surface area contributed by atoms with Gasteiger partial charge in [-0.05, 0) is 121 Å². The van der Waals surface area contributed by atoms with Crippen molar-refractivity contribution in [3.8, 4) is 46.3 Å². The molecular weight excluding hydrogens is 1300 g/mol. The summed E-state index contributed by atoms with van der Waals surface area (Å²) in [6.07, 6.45) is 47.7. The first-order chi connectivity index (χ1) is 33.4. The van der Waals surface area contributed by atoms with Crippen LogP contribution in [0.15, 0.2) is 84.9 Å². The fourth-order valence-electron chi connectivity index (χ4n) is 7.13. The summed E-state index contributed by atoms with van der Waals surface area (Å²) in [6, 6.07) is 26.8. The van der Waals surface area contributed by atoms with Gasteiger partial charge in [-0.1, -0.05) is 74.2 Å². The third-order valence-electron chi connectivity index (χ3n) is 12.1. The van der Waals surface area contributed by atoms with Crippen molar-refractivity contribution in [2.75, 3.05) is 94.7 Å². The van der Waals surface area contributed by atoms with Crippen molar-refractivity contribution in [2.45, 2.75) is 103 Å². The molecule has 0 atom stereocenters. The minimum atomic E-state index is 0. The molecule has 1 aliphatic rings. The van der Waals surface area contributed by atoms with E-state index in [1.807, 2.05) is 72.8 Å². The number of hydrogen-bond donors (Lipinski definition) is 1. The van der Waals surface area contributed by atoms with Crippen LogP contribution < -0.4 is 4.90 Å². The van der Waals surface area contributed by atoms with Crippen LogP contribution in [0.4, 0.5) is 11.4 Å². The molecule has 394 valence electrons. The Morgan fingerprint density at radius 2 is 0.817 bits per heavy atom. The number of fused-ring (bicyclic) bond motifs is 3. The van der Waals surface area contributed by atoms with Crippen LogP contribution >= 0.6 is 31.7 Å². The van der Waals surface area contributed by atoms with Gasteiger partial charge in [0.2, 0.25) is 0 Å². The Bertz CT molecular complexity index is 1860. The minimum Gasteiger partial charge on any atom is -0.585 e. The molecule has 71 heavy (non-hydrogen) atoms. The second-order valence-electron chi connectivity index (χ2n) is 15.8. The van der Waals surface area contributed by atoms with E-state index in [4.69, 9.17) is 25.7 Å². The van der Waals surface area contributed by atoms with Gasteiger partial charge in [0, 0.05) is 77.5 Å². The molecule has 0 fully saturated rings. The Morgan fingerprint density at radius 3 is 1.04 bits per heavy atom. The van der Waals surface area contributed by atoms with Crippen LogP contribution in [0.2, 0.25) is 0 Å². The molecule has 0 aromatic heterocycles. The van der Waals surface area contributed by atoms with Crippen LogP contribution in [0.1, 0.15) is 125 Å². The third kappa shape index (κ3) is 32.1. The summed E-state index contributed by atoms with van der Waals surface area (Å²) in [5, 5.41) is 0. The molecule has 3 nitrogen and oxygen atoms in total. The van der Waals surface area contributed by atoms with Crippen molar-refractivity contribution in [3.05, 3.63) is 133 Å². The maximum atomic E-state index is 7.33. The van der Waals surface area contributed by atoms with Gasteiger partial charge < -0.3 is 9.47 Å². The summed E-state index contributed by atoms with van der Waals surface area (Å²) in [6.45, 7) is 30.8.